The van der Waals surface area contributed by atoms with Crippen molar-refractivity contribution in [3.05, 3.63) is 95.6 Å². The highest BCUT2D eigenvalue weighted by Gasteiger charge is 2.34. The van der Waals surface area contributed by atoms with Gasteiger partial charge < -0.3 is 9.47 Å². The van der Waals surface area contributed by atoms with Gasteiger partial charge in [0.2, 0.25) is 0 Å². The molecule has 0 amide bonds. The van der Waals surface area contributed by atoms with Gasteiger partial charge in [-0.2, -0.15) is 0 Å². The lowest BCUT2D eigenvalue weighted by Gasteiger charge is -2.25. The maximum atomic E-state index is 13.5. The molecule has 6 nitrogen and oxygen atoms in total. The van der Waals surface area contributed by atoms with Crippen LogP contribution in [0.5, 0.6) is 5.75 Å². The lowest BCUT2D eigenvalue weighted by atomic mass is 9.95. The Morgan fingerprint density at radius 2 is 1.94 bits per heavy atom. The molecule has 1 aliphatic heterocycles. The number of aromatic nitrogens is 1. The van der Waals surface area contributed by atoms with Crippen LogP contribution in [-0.2, 0) is 9.53 Å². The number of esters is 1. The highest BCUT2D eigenvalue weighted by atomic mass is 35.5. The first-order valence-corrected chi connectivity index (χ1v) is 11.2. The van der Waals surface area contributed by atoms with E-state index in [9.17, 15) is 9.59 Å². The number of nitrogens with zero attached hydrogens (tertiary/aromatic N) is 2. The normalized spacial score (nSPS) is 15.9. The molecule has 0 N–H and O–H groups in total. The standard InChI is InChI=1S/C24H21ClN2O4S/c1-4-31-23(29)20-14(2)26-24-27(21(20)17-7-5-6-8-18(17)30-3)22(28)19(32-24)13-15-9-11-16(25)12-10-15/h5-13,21H,4H2,1-3H3/b19-13+/t21-/m1/s1. The molecule has 1 atom stereocenters. The number of carbonyl (C=O) groups excluding carboxylic acids is 1. The van der Waals surface area contributed by atoms with E-state index in [1.165, 1.54) is 11.3 Å². The molecule has 1 aliphatic rings. The Hall–Kier alpha value is -3.16. The highest BCUT2D eigenvalue weighted by molar-refractivity contribution is 7.07. The number of allylic oxidation sites excluding steroid dienone is 1. The summed E-state index contributed by atoms with van der Waals surface area (Å²) in [4.78, 5) is 31.6. The monoisotopic (exact) mass is 468 g/mol. The van der Waals surface area contributed by atoms with Gasteiger partial charge in [-0.1, -0.05) is 53.3 Å². The summed E-state index contributed by atoms with van der Waals surface area (Å²) >= 11 is 7.25. The average Bonchev–Trinajstić information content (AvgIpc) is 3.09. The molecule has 8 heteroatoms. The fraction of sp³-hybridized carbons (Fsp3) is 0.208. The van der Waals surface area contributed by atoms with Crippen molar-refractivity contribution in [1.29, 1.82) is 0 Å². The number of hydrogen-bond donors (Lipinski definition) is 0. The minimum absolute atomic E-state index is 0.218. The van der Waals surface area contributed by atoms with E-state index in [1.54, 1.807) is 49.8 Å². The van der Waals surface area contributed by atoms with Crippen LogP contribution in [0.1, 0.15) is 31.0 Å². The molecule has 0 spiro atoms. The summed E-state index contributed by atoms with van der Waals surface area (Å²) in [5.41, 5.74) is 2.12. The maximum Gasteiger partial charge on any atom is 0.338 e. The van der Waals surface area contributed by atoms with Crippen LogP contribution in [0.25, 0.3) is 6.08 Å². The molecule has 0 unspecified atom stereocenters. The van der Waals surface area contributed by atoms with Crippen LogP contribution in [-0.4, -0.2) is 24.3 Å². The van der Waals surface area contributed by atoms with Gasteiger partial charge in [-0.3, -0.25) is 9.36 Å². The van der Waals surface area contributed by atoms with Crippen molar-refractivity contribution in [3.63, 3.8) is 0 Å². The smallest absolute Gasteiger partial charge is 0.338 e. The van der Waals surface area contributed by atoms with E-state index < -0.39 is 12.0 Å². The summed E-state index contributed by atoms with van der Waals surface area (Å²) < 4.78 is 12.9. The molecule has 0 saturated carbocycles. The summed E-state index contributed by atoms with van der Waals surface area (Å²) in [6.07, 6.45) is 1.79. The summed E-state index contributed by atoms with van der Waals surface area (Å²) in [5, 5.41) is 0.620. The topological polar surface area (TPSA) is 69.9 Å². The summed E-state index contributed by atoms with van der Waals surface area (Å²) in [6.45, 7) is 3.72. The van der Waals surface area contributed by atoms with Gasteiger partial charge >= 0.3 is 5.97 Å². The number of para-hydroxylation sites is 1. The van der Waals surface area contributed by atoms with Crippen molar-refractivity contribution in [2.75, 3.05) is 13.7 Å². The van der Waals surface area contributed by atoms with E-state index in [-0.39, 0.29) is 12.2 Å². The molecule has 2 aromatic carbocycles. The molecule has 0 saturated heterocycles. The number of thiazole rings is 1. The number of benzene rings is 2. The fourth-order valence-corrected chi connectivity index (χ4v) is 4.86. The minimum Gasteiger partial charge on any atom is -0.496 e. The van der Waals surface area contributed by atoms with Crippen LogP contribution in [0, 0.1) is 0 Å². The molecule has 1 aromatic heterocycles. The first-order valence-electron chi connectivity index (χ1n) is 10.0. The number of carbonyl (C=O) groups is 1. The Kier molecular flexibility index (Phi) is 6.30. The van der Waals surface area contributed by atoms with Gasteiger partial charge in [0.15, 0.2) is 4.80 Å². The number of hydrogen-bond acceptors (Lipinski definition) is 6. The van der Waals surface area contributed by atoms with E-state index in [1.807, 2.05) is 30.3 Å². The molecule has 0 fully saturated rings. The highest BCUT2D eigenvalue weighted by Crippen LogP contribution is 2.35. The quantitative estimate of drug-likeness (QED) is 0.538. The summed E-state index contributed by atoms with van der Waals surface area (Å²) in [7, 11) is 1.56. The van der Waals surface area contributed by atoms with Crippen LogP contribution in [0.15, 0.2) is 69.6 Å². The summed E-state index contributed by atoms with van der Waals surface area (Å²) in [5.74, 6) is 0.0675. The van der Waals surface area contributed by atoms with Crippen molar-refractivity contribution in [2.24, 2.45) is 4.99 Å². The number of fused-ring (bicyclic) bond motifs is 1. The second-order valence-electron chi connectivity index (χ2n) is 7.10. The molecule has 32 heavy (non-hydrogen) atoms. The fourth-order valence-electron chi connectivity index (χ4n) is 3.69. The Bertz CT molecular complexity index is 1390. The third-order valence-electron chi connectivity index (χ3n) is 5.12. The van der Waals surface area contributed by atoms with Crippen molar-refractivity contribution in [3.8, 4) is 5.75 Å². The van der Waals surface area contributed by atoms with Gasteiger partial charge in [0.05, 0.1) is 29.5 Å². The molecule has 2 heterocycles. The van der Waals surface area contributed by atoms with Crippen LogP contribution >= 0.6 is 22.9 Å². The molecular weight excluding hydrogens is 448 g/mol. The van der Waals surface area contributed by atoms with Crippen LogP contribution < -0.4 is 19.6 Å². The minimum atomic E-state index is -0.714. The third kappa shape index (κ3) is 4.01. The van der Waals surface area contributed by atoms with E-state index in [0.717, 1.165) is 5.56 Å². The van der Waals surface area contributed by atoms with Gasteiger partial charge in [-0.15, -0.1) is 0 Å². The molecule has 0 bridgehead atoms. The van der Waals surface area contributed by atoms with Gasteiger partial charge in [0.25, 0.3) is 5.56 Å². The largest absolute Gasteiger partial charge is 0.496 e. The zero-order valence-corrected chi connectivity index (χ0v) is 19.4. The average molecular weight is 469 g/mol. The van der Waals surface area contributed by atoms with Crippen molar-refractivity contribution in [1.82, 2.24) is 4.57 Å². The molecule has 164 valence electrons. The number of rotatable bonds is 5. The van der Waals surface area contributed by atoms with Crippen molar-refractivity contribution in [2.45, 2.75) is 19.9 Å². The lowest BCUT2D eigenvalue weighted by molar-refractivity contribution is -0.139. The predicted octanol–water partition coefficient (Wildman–Crippen LogP) is 3.46. The zero-order valence-electron chi connectivity index (χ0n) is 17.8. The predicted molar refractivity (Wildman–Crippen MR) is 125 cm³/mol. The summed E-state index contributed by atoms with van der Waals surface area (Å²) in [6, 6.07) is 13.8. The first-order chi connectivity index (χ1) is 15.4. The molecule has 3 aromatic rings. The Morgan fingerprint density at radius 3 is 2.62 bits per heavy atom. The zero-order chi connectivity index (χ0) is 22.8. The van der Waals surface area contributed by atoms with E-state index in [4.69, 9.17) is 21.1 Å². The van der Waals surface area contributed by atoms with Gasteiger partial charge in [-0.25, -0.2) is 9.79 Å². The van der Waals surface area contributed by atoms with Crippen LogP contribution in [0.2, 0.25) is 5.02 Å². The van der Waals surface area contributed by atoms with Gasteiger partial charge in [0.1, 0.15) is 11.8 Å². The Labute approximate surface area is 193 Å². The number of methoxy groups -OCH3 is 1. The van der Waals surface area contributed by atoms with Gasteiger partial charge in [-0.05, 0) is 43.7 Å². The van der Waals surface area contributed by atoms with Crippen LogP contribution in [0.3, 0.4) is 0 Å². The number of halogens is 1. The molecule has 0 aliphatic carbocycles. The lowest BCUT2D eigenvalue weighted by Crippen LogP contribution is -2.40. The van der Waals surface area contributed by atoms with E-state index in [2.05, 4.69) is 4.99 Å². The maximum absolute atomic E-state index is 13.5. The van der Waals surface area contributed by atoms with E-state index >= 15 is 0 Å². The molecule has 0 radical (unpaired) electrons. The number of ether oxygens (including phenoxy) is 2. The second kappa shape index (κ2) is 9.14. The van der Waals surface area contributed by atoms with Crippen molar-refractivity contribution < 1.29 is 14.3 Å². The Balaban J connectivity index is 1.98. The van der Waals surface area contributed by atoms with Crippen molar-refractivity contribution >= 4 is 35.0 Å². The second-order valence-corrected chi connectivity index (χ2v) is 8.54. The van der Waals surface area contributed by atoms with Gasteiger partial charge in [0, 0.05) is 10.6 Å². The first kappa shape index (κ1) is 22.0. The SMILES string of the molecule is CCOC(=O)C1=C(C)N=c2s/c(=C/c3ccc(Cl)cc3)c(=O)n2[C@@H]1c1ccccc1OC. The molecular formula is C24H21ClN2O4S. The molecule has 4 rings (SSSR count). The van der Waals surface area contributed by atoms with E-state index in [0.29, 0.717) is 36.9 Å². The van der Waals surface area contributed by atoms with Crippen LogP contribution in [0.4, 0.5) is 0 Å². The third-order valence-corrected chi connectivity index (χ3v) is 6.35. The Morgan fingerprint density at radius 1 is 1.22 bits per heavy atom.